The van der Waals surface area contributed by atoms with Gasteiger partial charge in [0.1, 0.15) is 0 Å². The van der Waals surface area contributed by atoms with Crippen molar-refractivity contribution in [1.82, 2.24) is 0 Å². The molecule has 0 saturated carbocycles. The second kappa shape index (κ2) is 6.66. The summed E-state index contributed by atoms with van der Waals surface area (Å²) in [6.45, 7) is 4.66. The number of halogens is 1. The van der Waals surface area contributed by atoms with Crippen LogP contribution >= 0.6 is 15.9 Å². The van der Waals surface area contributed by atoms with Crippen molar-refractivity contribution in [3.8, 4) is 11.5 Å². The van der Waals surface area contributed by atoms with Crippen LogP contribution in [0.4, 0.5) is 0 Å². The van der Waals surface area contributed by atoms with Gasteiger partial charge in [-0.1, -0.05) is 13.8 Å². The van der Waals surface area contributed by atoms with Crippen LogP contribution in [0.15, 0.2) is 16.6 Å². The van der Waals surface area contributed by atoms with Crippen LogP contribution in [0.2, 0.25) is 0 Å². The molecule has 6 heteroatoms. The van der Waals surface area contributed by atoms with Crippen molar-refractivity contribution in [2.24, 2.45) is 11.8 Å². The Labute approximate surface area is 132 Å². The third kappa shape index (κ3) is 3.49. The van der Waals surface area contributed by atoms with Gasteiger partial charge >= 0.3 is 5.97 Å². The summed E-state index contributed by atoms with van der Waals surface area (Å²) in [5.41, 5.74) is 0.507. The van der Waals surface area contributed by atoms with E-state index in [4.69, 9.17) is 9.47 Å². The molecule has 116 valence electrons. The zero-order valence-electron chi connectivity index (χ0n) is 12.0. The number of carbonyl (C=O) groups is 1. The lowest BCUT2D eigenvalue weighted by Gasteiger charge is -2.23. The largest absolute Gasteiger partial charge is 0.490 e. The lowest BCUT2D eigenvalue weighted by molar-refractivity contribution is -0.148. The van der Waals surface area contributed by atoms with E-state index >= 15 is 0 Å². The van der Waals surface area contributed by atoms with E-state index in [0.717, 1.165) is 6.42 Å². The molecular formula is C15H19BrO5. The fourth-order valence-electron chi connectivity index (χ4n) is 2.41. The number of carboxylic acid groups (broad SMARTS) is 1. The summed E-state index contributed by atoms with van der Waals surface area (Å²) in [5.74, 6) is -0.946. The highest BCUT2D eigenvalue weighted by Crippen LogP contribution is 2.41. The zero-order valence-corrected chi connectivity index (χ0v) is 13.6. The van der Waals surface area contributed by atoms with Crippen LogP contribution in [0, 0.1) is 11.8 Å². The second-order valence-electron chi connectivity index (χ2n) is 5.43. The molecule has 2 N–H and O–H groups in total. The van der Waals surface area contributed by atoms with Gasteiger partial charge in [0.25, 0.3) is 0 Å². The third-order valence-electron chi connectivity index (χ3n) is 3.51. The molecule has 2 atom stereocenters. The SMILES string of the molecule is CC(C)C(C(=O)O)C(O)c1cc(Br)c2c(c1)OCCCO2. The summed E-state index contributed by atoms with van der Waals surface area (Å²) in [6.07, 6.45) is -0.320. The molecule has 0 spiro atoms. The Morgan fingerprint density at radius 1 is 1.29 bits per heavy atom. The van der Waals surface area contributed by atoms with Crippen LogP contribution in [-0.4, -0.2) is 29.4 Å². The fraction of sp³-hybridized carbons (Fsp3) is 0.533. The first kappa shape index (κ1) is 16.1. The first-order chi connectivity index (χ1) is 9.91. The molecule has 1 heterocycles. The quantitative estimate of drug-likeness (QED) is 0.864. The molecule has 2 unspecified atom stereocenters. The molecule has 2 rings (SSSR count). The Bertz CT molecular complexity index is 529. The van der Waals surface area contributed by atoms with Crippen molar-refractivity contribution in [2.75, 3.05) is 13.2 Å². The van der Waals surface area contributed by atoms with Gasteiger partial charge in [0.15, 0.2) is 11.5 Å². The van der Waals surface area contributed by atoms with Gasteiger partial charge in [-0.3, -0.25) is 4.79 Å². The van der Waals surface area contributed by atoms with Gasteiger partial charge in [0, 0.05) is 6.42 Å². The van der Waals surface area contributed by atoms with Crippen molar-refractivity contribution < 1.29 is 24.5 Å². The summed E-state index contributed by atoms with van der Waals surface area (Å²) in [7, 11) is 0. The highest BCUT2D eigenvalue weighted by molar-refractivity contribution is 9.10. The highest BCUT2D eigenvalue weighted by Gasteiger charge is 2.32. The van der Waals surface area contributed by atoms with Gasteiger partial charge in [-0.2, -0.15) is 0 Å². The van der Waals surface area contributed by atoms with E-state index in [0.29, 0.717) is 34.7 Å². The van der Waals surface area contributed by atoms with Crippen LogP contribution in [0.3, 0.4) is 0 Å². The first-order valence-corrected chi connectivity index (χ1v) is 7.71. The maximum Gasteiger partial charge on any atom is 0.309 e. The molecule has 21 heavy (non-hydrogen) atoms. The average molecular weight is 359 g/mol. The Balaban J connectivity index is 2.38. The number of aliphatic carboxylic acids is 1. The summed E-state index contributed by atoms with van der Waals surface area (Å²) in [6, 6.07) is 3.35. The minimum absolute atomic E-state index is 0.188. The predicted octanol–water partition coefficient (Wildman–Crippen LogP) is 3.00. The van der Waals surface area contributed by atoms with Gasteiger partial charge in [0.2, 0.25) is 0 Å². The van der Waals surface area contributed by atoms with E-state index in [-0.39, 0.29) is 5.92 Å². The number of fused-ring (bicyclic) bond motifs is 1. The Morgan fingerprint density at radius 2 is 1.95 bits per heavy atom. The number of aliphatic hydroxyl groups excluding tert-OH is 1. The maximum absolute atomic E-state index is 11.4. The zero-order chi connectivity index (χ0) is 15.6. The molecule has 0 fully saturated rings. The van der Waals surface area contributed by atoms with Gasteiger partial charge in [-0.05, 0) is 39.5 Å². The molecular weight excluding hydrogens is 340 g/mol. The lowest BCUT2D eigenvalue weighted by atomic mass is 9.86. The first-order valence-electron chi connectivity index (χ1n) is 6.91. The number of ether oxygens (including phenoxy) is 2. The standard InChI is InChI=1S/C15H19BrO5/c1-8(2)12(15(18)19)13(17)9-6-10(16)14-11(7-9)20-4-3-5-21-14/h6-8,12-13,17H,3-5H2,1-2H3,(H,18,19). The number of rotatable bonds is 4. The molecule has 1 aliphatic heterocycles. The van der Waals surface area contributed by atoms with Gasteiger partial charge in [0.05, 0.1) is 29.7 Å². The van der Waals surface area contributed by atoms with E-state index in [2.05, 4.69) is 15.9 Å². The van der Waals surface area contributed by atoms with Crippen LogP contribution < -0.4 is 9.47 Å². The minimum atomic E-state index is -1.10. The molecule has 1 aromatic carbocycles. The van der Waals surface area contributed by atoms with Crippen molar-refractivity contribution in [2.45, 2.75) is 26.4 Å². The van der Waals surface area contributed by atoms with Crippen molar-refractivity contribution in [1.29, 1.82) is 0 Å². The van der Waals surface area contributed by atoms with Gasteiger partial charge < -0.3 is 19.7 Å². The molecule has 5 nitrogen and oxygen atoms in total. The molecule has 0 saturated heterocycles. The van der Waals surface area contributed by atoms with Crippen LogP contribution in [0.25, 0.3) is 0 Å². The van der Waals surface area contributed by atoms with Gasteiger partial charge in [-0.25, -0.2) is 0 Å². The molecule has 1 aliphatic rings. The lowest BCUT2D eigenvalue weighted by Crippen LogP contribution is -2.27. The fourth-order valence-corrected chi connectivity index (χ4v) is 2.99. The number of hydrogen-bond donors (Lipinski definition) is 2. The molecule has 0 aliphatic carbocycles. The van der Waals surface area contributed by atoms with E-state index in [1.807, 2.05) is 0 Å². The number of carboxylic acids is 1. The van der Waals surface area contributed by atoms with E-state index < -0.39 is 18.0 Å². The summed E-state index contributed by atoms with van der Waals surface area (Å²) in [4.78, 5) is 11.4. The summed E-state index contributed by atoms with van der Waals surface area (Å²) in [5, 5.41) is 19.7. The van der Waals surface area contributed by atoms with E-state index in [1.54, 1.807) is 26.0 Å². The third-order valence-corrected chi connectivity index (χ3v) is 4.10. The molecule has 0 bridgehead atoms. The molecule has 0 amide bonds. The molecule has 1 aromatic rings. The van der Waals surface area contributed by atoms with Crippen molar-refractivity contribution >= 4 is 21.9 Å². The van der Waals surface area contributed by atoms with E-state index in [9.17, 15) is 15.0 Å². The van der Waals surface area contributed by atoms with Gasteiger partial charge in [-0.15, -0.1) is 0 Å². The number of aliphatic hydroxyl groups is 1. The van der Waals surface area contributed by atoms with Crippen LogP contribution in [0.5, 0.6) is 11.5 Å². The summed E-state index contributed by atoms with van der Waals surface area (Å²) >= 11 is 3.40. The van der Waals surface area contributed by atoms with Crippen molar-refractivity contribution in [3.63, 3.8) is 0 Å². The molecule has 0 aromatic heterocycles. The topological polar surface area (TPSA) is 76.0 Å². The van der Waals surface area contributed by atoms with E-state index in [1.165, 1.54) is 0 Å². The average Bonchev–Trinajstić information content (AvgIpc) is 2.63. The maximum atomic E-state index is 11.4. The van der Waals surface area contributed by atoms with Crippen LogP contribution in [0.1, 0.15) is 31.9 Å². The summed E-state index contributed by atoms with van der Waals surface area (Å²) < 4.78 is 11.9. The van der Waals surface area contributed by atoms with Crippen molar-refractivity contribution in [3.05, 3.63) is 22.2 Å². The number of benzene rings is 1. The smallest absolute Gasteiger partial charge is 0.309 e. The second-order valence-corrected chi connectivity index (χ2v) is 6.29. The monoisotopic (exact) mass is 358 g/mol. The normalized spacial score (nSPS) is 17.2. The Hall–Kier alpha value is -1.27. The van der Waals surface area contributed by atoms with Crippen LogP contribution in [-0.2, 0) is 4.79 Å². The number of hydrogen-bond acceptors (Lipinski definition) is 4. The minimum Gasteiger partial charge on any atom is -0.490 e. The predicted molar refractivity (Wildman–Crippen MR) is 80.7 cm³/mol. The Morgan fingerprint density at radius 3 is 2.57 bits per heavy atom. The molecule has 0 radical (unpaired) electrons. The highest BCUT2D eigenvalue weighted by atomic mass is 79.9. The Kier molecular flexibility index (Phi) is 5.11.